The predicted octanol–water partition coefficient (Wildman–Crippen LogP) is 0.640. The van der Waals surface area contributed by atoms with Crippen molar-refractivity contribution in [3.63, 3.8) is 0 Å². The molecular weight excluding hydrogens is 178 g/mol. The number of rotatable bonds is 2. The third kappa shape index (κ3) is 1.29. The molecule has 0 radical (unpaired) electrons. The molecule has 2 fully saturated rings. The topological polar surface area (TPSA) is 53.5 Å². The van der Waals surface area contributed by atoms with Crippen molar-refractivity contribution < 1.29 is 4.79 Å². The molecule has 0 bridgehead atoms. The number of carbonyl (C=O) groups is 1. The van der Waals surface area contributed by atoms with E-state index in [2.05, 4.69) is 15.6 Å². The van der Waals surface area contributed by atoms with E-state index < -0.39 is 5.54 Å². The van der Waals surface area contributed by atoms with Crippen LogP contribution >= 0.6 is 0 Å². The maximum Gasteiger partial charge on any atom is 0.252 e. The molecule has 1 saturated heterocycles. The summed E-state index contributed by atoms with van der Waals surface area (Å²) in [5.41, 5.74) is -0.410. The van der Waals surface area contributed by atoms with Crippen molar-refractivity contribution in [2.24, 2.45) is 10.9 Å². The van der Waals surface area contributed by atoms with Crippen LogP contribution in [0.2, 0.25) is 0 Å². The Labute approximate surface area is 84.2 Å². The first-order chi connectivity index (χ1) is 6.66. The van der Waals surface area contributed by atoms with Crippen molar-refractivity contribution in [2.75, 3.05) is 6.54 Å². The van der Waals surface area contributed by atoms with Crippen molar-refractivity contribution in [3.05, 3.63) is 0 Å². The average Bonchev–Trinajstić information content (AvgIpc) is 2.24. The van der Waals surface area contributed by atoms with Gasteiger partial charge in [0.2, 0.25) is 0 Å². The van der Waals surface area contributed by atoms with Crippen LogP contribution in [0, 0.1) is 5.92 Å². The maximum absolute atomic E-state index is 11.8. The van der Waals surface area contributed by atoms with Gasteiger partial charge in [-0.15, -0.1) is 0 Å². The minimum Gasteiger partial charge on any atom is -0.342 e. The Morgan fingerprint density at radius 3 is 2.79 bits per heavy atom. The normalized spacial score (nSPS) is 35.3. The zero-order chi connectivity index (χ0) is 10.2. The highest BCUT2D eigenvalue weighted by Gasteiger charge is 2.48. The van der Waals surface area contributed by atoms with Gasteiger partial charge < -0.3 is 5.32 Å². The molecule has 0 spiro atoms. The standard InChI is InChI=1S/C10H17N3O/c1-3-11-9-12-8(14)10(2,13-9)7-5-4-6-7/h7H,3-6H2,1-2H3,(H2,11,12,13,14). The van der Waals surface area contributed by atoms with E-state index in [4.69, 9.17) is 0 Å². The van der Waals surface area contributed by atoms with Crippen LogP contribution in [0.1, 0.15) is 33.1 Å². The van der Waals surface area contributed by atoms with Crippen molar-refractivity contribution in [1.82, 2.24) is 10.6 Å². The average molecular weight is 195 g/mol. The molecule has 2 rings (SSSR count). The lowest BCUT2D eigenvalue weighted by Crippen LogP contribution is -2.52. The van der Waals surface area contributed by atoms with Gasteiger partial charge in [0.05, 0.1) is 0 Å². The van der Waals surface area contributed by atoms with Crippen molar-refractivity contribution in [3.8, 4) is 0 Å². The first-order valence-corrected chi connectivity index (χ1v) is 5.31. The zero-order valence-electron chi connectivity index (χ0n) is 8.76. The SMILES string of the molecule is CCN=C1NC(=O)C(C)(C2CCC2)N1. The lowest BCUT2D eigenvalue weighted by molar-refractivity contribution is -0.126. The Kier molecular flexibility index (Phi) is 2.21. The second kappa shape index (κ2) is 3.26. The molecule has 14 heavy (non-hydrogen) atoms. The fourth-order valence-corrected chi connectivity index (χ4v) is 2.08. The van der Waals surface area contributed by atoms with Crippen LogP contribution in [0.25, 0.3) is 0 Å². The van der Waals surface area contributed by atoms with Gasteiger partial charge in [-0.3, -0.25) is 15.1 Å². The maximum atomic E-state index is 11.8. The summed E-state index contributed by atoms with van der Waals surface area (Å²) in [7, 11) is 0. The number of amides is 1. The molecule has 78 valence electrons. The smallest absolute Gasteiger partial charge is 0.252 e. The van der Waals surface area contributed by atoms with E-state index >= 15 is 0 Å². The van der Waals surface area contributed by atoms with Crippen LogP contribution in [0.5, 0.6) is 0 Å². The van der Waals surface area contributed by atoms with E-state index in [0.29, 0.717) is 18.4 Å². The van der Waals surface area contributed by atoms with Crippen LogP contribution in [0.15, 0.2) is 4.99 Å². The van der Waals surface area contributed by atoms with Crippen LogP contribution in [-0.2, 0) is 4.79 Å². The number of aliphatic imine (C=N–C) groups is 1. The Hall–Kier alpha value is -1.06. The molecule has 0 aromatic heterocycles. The van der Waals surface area contributed by atoms with Gasteiger partial charge in [-0.25, -0.2) is 0 Å². The molecular formula is C10H17N3O. The van der Waals surface area contributed by atoms with Crippen LogP contribution in [-0.4, -0.2) is 24.0 Å². The summed E-state index contributed by atoms with van der Waals surface area (Å²) in [6.45, 7) is 4.63. The zero-order valence-corrected chi connectivity index (χ0v) is 8.76. The summed E-state index contributed by atoms with van der Waals surface area (Å²) in [6, 6.07) is 0. The molecule has 1 aliphatic heterocycles. The van der Waals surface area contributed by atoms with E-state index in [9.17, 15) is 4.79 Å². The second-order valence-corrected chi connectivity index (χ2v) is 4.23. The predicted molar refractivity (Wildman–Crippen MR) is 55.0 cm³/mol. The van der Waals surface area contributed by atoms with Crippen LogP contribution in [0.3, 0.4) is 0 Å². The van der Waals surface area contributed by atoms with E-state index in [1.165, 1.54) is 6.42 Å². The third-order valence-electron chi connectivity index (χ3n) is 3.32. The summed E-state index contributed by atoms with van der Waals surface area (Å²) in [4.78, 5) is 15.9. The van der Waals surface area contributed by atoms with Crippen LogP contribution < -0.4 is 10.6 Å². The molecule has 0 aromatic carbocycles. The molecule has 4 heteroatoms. The largest absolute Gasteiger partial charge is 0.342 e. The van der Waals surface area contributed by atoms with Gasteiger partial charge in [0.1, 0.15) is 5.54 Å². The van der Waals surface area contributed by atoms with Crippen molar-refractivity contribution >= 4 is 11.9 Å². The van der Waals surface area contributed by atoms with Crippen molar-refractivity contribution in [2.45, 2.75) is 38.6 Å². The summed E-state index contributed by atoms with van der Waals surface area (Å²) >= 11 is 0. The molecule has 4 nitrogen and oxygen atoms in total. The summed E-state index contributed by atoms with van der Waals surface area (Å²) < 4.78 is 0. The first kappa shape index (κ1) is 9.49. The van der Waals surface area contributed by atoms with Gasteiger partial charge in [0.25, 0.3) is 5.91 Å². The van der Waals surface area contributed by atoms with Crippen molar-refractivity contribution in [1.29, 1.82) is 0 Å². The minimum atomic E-state index is -0.410. The lowest BCUT2D eigenvalue weighted by atomic mass is 9.72. The van der Waals surface area contributed by atoms with Gasteiger partial charge in [0, 0.05) is 6.54 Å². The van der Waals surface area contributed by atoms with E-state index in [-0.39, 0.29) is 5.91 Å². The van der Waals surface area contributed by atoms with Gasteiger partial charge in [-0.2, -0.15) is 0 Å². The van der Waals surface area contributed by atoms with E-state index in [0.717, 1.165) is 12.8 Å². The number of carbonyl (C=O) groups excluding carboxylic acids is 1. The number of hydrogen-bond acceptors (Lipinski definition) is 2. The Bertz CT molecular complexity index is 283. The summed E-state index contributed by atoms with van der Waals surface area (Å²) in [6.07, 6.45) is 3.54. The monoisotopic (exact) mass is 195 g/mol. The lowest BCUT2D eigenvalue weighted by Gasteiger charge is -2.37. The minimum absolute atomic E-state index is 0.0781. The molecule has 2 aliphatic rings. The molecule has 1 amide bonds. The first-order valence-electron chi connectivity index (χ1n) is 5.31. The van der Waals surface area contributed by atoms with Gasteiger partial charge >= 0.3 is 0 Å². The van der Waals surface area contributed by atoms with Gasteiger partial charge in [-0.05, 0) is 32.6 Å². The fraction of sp³-hybridized carbons (Fsp3) is 0.800. The molecule has 1 heterocycles. The number of nitrogens with zero attached hydrogens (tertiary/aromatic N) is 1. The third-order valence-corrected chi connectivity index (χ3v) is 3.32. The number of guanidine groups is 1. The Morgan fingerprint density at radius 2 is 2.29 bits per heavy atom. The summed E-state index contributed by atoms with van der Waals surface area (Å²) in [5, 5.41) is 6.00. The van der Waals surface area contributed by atoms with Gasteiger partial charge in [0.15, 0.2) is 5.96 Å². The fourth-order valence-electron chi connectivity index (χ4n) is 2.08. The molecule has 0 aromatic rings. The molecule has 1 aliphatic carbocycles. The number of hydrogen-bond donors (Lipinski definition) is 2. The highest BCUT2D eigenvalue weighted by molar-refractivity contribution is 6.09. The Morgan fingerprint density at radius 1 is 1.57 bits per heavy atom. The summed E-state index contributed by atoms with van der Waals surface area (Å²) in [5.74, 6) is 1.20. The quantitative estimate of drug-likeness (QED) is 0.679. The van der Waals surface area contributed by atoms with Gasteiger partial charge in [-0.1, -0.05) is 6.42 Å². The van der Waals surface area contributed by atoms with E-state index in [1.54, 1.807) is 0 Å². The molecule has 1 unspecified atom stereocenters. The van der Waals surface area contributed by atoms with E-state index in [1.807, 2.05) is 13.8 Å². The second-order valence-electron chi connectivity index (χ2n) is 4.23. The van der Waals surface area contributed by atoms with Crippen LogP contribution in [0.4, 0.5) is 0 Å². The number of nitrogens with one attached hydrogen (secondary N) is 2. The molecule has 1 atom stereocenters. The highest BCUT2D eigenvalue weighted by Crippen LogP contribution is 2.37. The highest BCUT2D eigenvalue weighted by atomic mass is 16.2. The Balaban J connectivity index is 2.13. The molecule has 2 N–H and O–H groups in total. The molecule has 1 saturated carbocycles.